The summed E-state index contributed by atoms with van der Waals surface area (Å²) in [7, 11) is 0. The van der Waals surface area contributed by atoms with Gasteiger partial charge in [0.1, 0.15) is 5.52 Å². The highest BCUT2D eigenvalue weighted by molar-refractivity contribution is 7.71. The number of hydrogen-bond donors (Lipinski definition) is 2. The number of alkyl halides is 3. The number of halogens is 3. The molecule has 0 saturated heterocycles. The molecule has 9 heteroatoms. The number of nitrogens with one attached hydrogen (secondary N) is 2. The Bertz CT molecular complexity index is 728. The average Bonchev–Trinajstić information content (AvgIpc) is 2.78. The lowest BCUT2D eigenvalue weighted by molar-refractivity contribution is -0.144. The van der Waals surface area contributed by atoms with Crippen LogP contribution in [0.25, 0.3) is 11.2 Å². The van der Waals surface area contributed by atoms with Crippen molar-refractivity contribution >= 4 is 23.4 Å². The van der Waals surface area contributed by atoms with Gasteiger partial charge >= 0.3 is 6.18 Å². The average molecular weight is 306 g/mol. The number of rotatable bonds is 4. The lowest BCUT2D eigenvalue weighted by Gasteiger charge is -2.06. The SMILES string of the molecule is CCCCCn1c(=S)[nH]c(=O)c2[nH]c(C(F)(F)F)nc21. The molecule has 2 aromatic heterocycles. The number of aromatic amines is 2. The normalized spacial score (nSPS) is 12.2. The molecule has 0 atom stereocenters. The molecule has 2 heterocycles. The Morgan fingerprint density at radius 3 is 2.60 bits per heavy atom. The van der Waals surface area contributed by atoms with Crippen molar-refractivity contribution in [1.29, 1.82) is 0 Å². The van der Waals surface area contributed by atoms with Crippen LogP contribution in [0.2, 0.25) is 0 Å². The van der Waals surface area contributed by atoms with Crippen molar-refractivity contribution in [3.8, 4) is 0 Å². The van der Waals surface area contributed by atoms with Crippen molar-refractivity contribution < 1.29 is 13.2 Å². The summed E-state index contributed by atoms with van der Waals surface area (Å²) in [6.45, 7) is 2.43. The molecule has 5 nitrogen and oxygen atoms in total. The second-order valence-corrected chi connectivity index (χ2v) is 4.79. The van der Waals surface area contributed by atoms with E-state index >= 15 is 0 Å². The van der Waals surface area contributed by atoms with Crippen molar-refractivity contribution in [2.75, 3.05) is 0 Å². The Kier molecular flexibility index (Phi) is 3.98. The van der Waals surface area contributed by atoms with E-state index in [0.717, 1.165) is 19.3 Å². The minimum Gasteiger partial charge on any atom is -0.328 e. The summed E-state index contributed by atoms with van der Waals surface area (Å²) in [5, 5.41) is 0. The second kappa shape index (κ2) is 5.39. The van der Waals surface area contributed by atoms with Gasteiger partial charge in [0, 0.05) is 6.54 Å². The third kappa shape index (κ3) is 2.77. The summed E-state index contributed by atoms with van der Waals surface area (Å²) in [4.78, 5) is 19.5. The largest absolute Gasteiger partial charge is 0.449 e. The van der Waals surface area contributed by atoms with Gasteiger partial charge in [-0.2, -0.15) is 13.2 Å². The fourth-order valence-electron chi connectivity index (χ4n) is 1.90. The standard InChI is InChI=1S/C11H13F3N4OS/c1-2-3-4-5-18-7-6(8(19)17-10(18)20)15-9(16-7)11(12,13)14/h2-5H2,1H3,(H,15,16)(H,17,19,20). The minimum atomic E-state index is -4.63. The van der Waals surface area contributed by atoms with Crippen LogP contribution in [0.4, 0.5) is 13.2 Å². The van der Waals surface area contributed by atoms with E-state index in [2.05, 4.69) is 9.97 Å². The summed E-state index contributed by atoms with van der Waals surface area (Å²) in [5.41, 5.74) is -0.954. The maximum atomic E-state index is 12.7. The van der Waals surface area contributed by atoms with Gasteiger partial charge in [-0.3, -0.25) is 9.78 Å². The summed E-state index contributed by atoms with van der Waals surface area (Å²) in [6.07, 6.45) is -2.00. The van der Waals surface area contributed by atoms with Gasteiger partial charge in [-0.05, 0) is 18.6 Å². The molecule has 2 N–H and O–H groups in total. The Morgan fingerprint density at radius 2 is 2.00 bits per heavy atom. The summed E-state index contributed by atoms with van der Waals surface area (Å²) >= 11 is 4.99. The van der Waals surface area contributed by atoms with E-state index in [-0.39, 0.29) is 15.9 Å². The van der Waals surface area contributed by atoms with Crippen LogP contribution in [0.3, 0.4) is 0 Å². The lowest BCUT2D eigenvalue weighted by Crippen LogP contribution is -2.14. The molecule has 2 rings (SSSR count). The van der Waals surface area contributed by atoms with E-state index in [9.17, 15) is 18.0 Å². The molecule has 20 heavy (non-hydrogen) atoms. The predicted molar refractivity (Wildman–Crippen MR) is 70.1 cm³/mol. The van der Waals surface area contributed by atoms with Crippen molar-refractivity contribution in [1.82, 2.24) is 19.5 Å². The van der Waals surface area contributed by atoms with Crippen molar-refractivity contribution in [2.45, 2.75) is 38.9 Å². The topological polar surface area (TPSA) is 66.5 Å². The summed E-state index contributed by atoms with van der Waals surface area (Å²) < 4.78 is 39.5. The number of aryl methyl sites for hydroxylation is 1. The number of aromatic nitrogens is 4. The molecule has 0 spiro atoms. The van der Waals surface area contributed by atoms with Crippen LogP contribution in [0.15, 0.2) is 4.79 Å². The Hall–Kier alpha value is -1.64. The van der Waals surface area contributed by atoms with Crippen LogP contribution in [-0.2, 0) is 12.7 Å². The first-order valence-electron chi connectivity index (χ1n) is 6.14. The fraction of sp³-hybridized carbons (Fsp3) is 0.545. The molecule has 110 valence electrons. The zero-order valence-electron chi connectivity index (χ0n) is 10.7. The van der Waals surface area contributed by atoms with Gasteiger partial charge in [0.25, 0.3) is 5.56 Å². The van der Waals surface area contributed by atoms with Crippen LogP contribution >= 0.6 is 12.2 Å². The molecule has 0 aliphatic rings. The first kappa shape index (κ1) is 14.8. The number of fused-ring (bicyclic) bond motifs is 1. The van der Waals surface area contributed by atoms with Crippen LogP contribution in [0.1, 0.15) is 32.0 Å². The van der Waals surface area contributed by atoms with Crippen LogP contribution < -0.4 is 5.56 Å². The van der Waals surface area contributed by atoms with Gasteiger partial charge in [0.2, 0.25) is 5.82 Å². The van der Waals surface area contributed by atoms with Gasteiger partial charge in [-0.1, -0.05) is 19.8 Å². The quantitative estimate of drug-likeness (QED) is 0.674. The molecule has 0 aliphatic carbocycles. The van der Waals surface area contributed by atoms with E-state index in [0.29, 0.717) is 6.54 Å². The third-order valence-corrected chi connectivity index (χ3v) is 3.21. The zero-order chi connectivity index (χ0) is 14.9. The molecular weight excluding hydrogens is 293 g/mol. The number of H-pyrrole nitrogens is 2. The van der Waals surface area contributed by atoms with Crippen LogP contribution in [0, 0.1) is 4.77 Å². The van der Waals surface area contributed by atoms with E-state index in [4.69, 9.17) is 12.2 Å². The maximum absolute atomic E-state index is 12.7. The smallest absolute Gasteiger partial charge is 0.328 e. The Labute approximate surface area is 116 Å². The van der Waals surface area contributed by atoms with Crippen molar-refractivity contribution in [3.05, 3.63) is 20.9 Å². The van der Waals surface area contributed by atoms with Crippen molar-refractivity contribution in [2.24, 2.45) is 0 Å². The first-order valence-corrected chi connectivity index (χ1v) is 6.55. The molecule has 0 amide bonds. The second-order valence-electron chi connectivity index (χ2n) is 4.40. The fourth-order valence-corrected chi connectivity index (χ4v) is 2.17. The molecule has 0 saturated carbocycles. The number of hydrogen-bond acceptors (Lipinski definition) is 3. The molecule has 0 unspecified atom stereocenters. The van der Waals surface area contributed by atoms with E-state index in [1.165, 1.54) is 4.57 Å². The van der Waals surface area contributed by atoms with Gasteiger partial charge in [0.05, 0.1) is 0 Å². The number of imidazole rings is 1. The number of nitrogens with zero attached hydrogens (tertiary/aromatic N) is 2. The van der Waals surface area contributed by atoms with Gasteiger partial charge in [0.15, 0.2) is 10.4 Å². The molecule has 2 aromatic rings. The van der Waals surface area contributed by atoms with Gasteiger partial charge < -0.3 is 9.55 Å². The van der Waals surface area contributed by atoms with E-state index in [1.54, 1.807) is 0 Å². The molecule has 0 radical (unpaired) electrons. The van der Waals surface area contributed by atoms with Gasteiger partial charge in [-0.25, -0.2) is 4.98 Å². The maximum Gasteiger partial charge on any atom is 0.449 e. The molecule has 0 aromatic carbocycles. The summed E-state index contributed by atoms with van der Waals surface area (Å²) in [5.74, 6) is -1.19. The molecular formula is C11H13F3N4OS. The van der Waals surface area contributed by atoms with Crippen LogP contribution in [-0.4, -0.2) is 19.5 Å². The summed E-state index contributed by atoms with van der Waals surface area (Å²) in [6, 6.07) is 0. The van der Waals surface area contributed by atoms with E-state index in [1.807, 2.05) is 11.9 Å². The minimum absolute atomic E-state index is 0.0535. The van der Waals surface area contributed by atoms with Crippen molar-refractivity contribution in [3.63, 3.8) is 0 Å². The Morgan fingerprint density at radius 1 is 1.30 bits per heavy atom. The molecule has 0 aliphatic heterocycles. The van der Waals surface area contributed by atoms with Crippen LogP contribution in [0.5, 0.6) is 0 Å². The highest BCUT2D eigenvalue weighted by Gasteiger charge is 2.35. The zero-order valence-corrected chi connectivity index (χ0v) is 11.5. The lowest BCUT2D eigenvalue weighted by atomic mass is 10.2. The number of unbranched alkanes of at least 4 members (excludes halogenated alkanes) is 2. The highest BCUT2D eigenvalue weighted by atomic mass is 32.1. The highest BCUT2D eigenvalue weighted by Crippen LogP contribution is 2.27. The monoisotopic (exact) mass is 306 g/mol. The van der Waals surface area contributed by atoms with E-state index < -0.39 is 17.6 Å². The van der Waals surface area contributed by atoms with Gasteiger partial charge in [-0.15, -0.1) is 0 Å². The molecule has 0 bridgehead atoms. The predicted octanol–water partition coefficient (Wildman–Crippen LogP) is 2.99. The Balaban J connectivity index is 2.59. The first-order chi connectivity index (χ1) is 9.34. The third-order valence-electron chi connectivity index (χ3n) is 2.89. The molecule has 0 fully saturated rings.